The summed E-state index contributed by atoms with van der Waals surface area (Å²) in [6, 6.07) is 15.6. The van der Waals surface area contributed by atoms with Gasteiger partial charge in [0.1, 0.15) is 12.6 Å². The van der Waals surface area contributed by atoms with E-state index in [1.165, 1.54) is 16.0 Å². The molecule has 0 aromatic heterocycles. The van der Waals surface area contributed by atoms with Gasteiger partial charge in [-0.1, -0.05) is 62.4 Å². The maximum absolute atomic E-state index is 13.0. The molecule has 1 saturated heterocycles. The highest BCUT2D eigenvalue weighted by Gasteiger charge is 2.38. The molecule has 2 atom stereocenters. The summed E-state index contributed by atoms with van der Waals surface area (Å²) >= 11 is 0. The molecule has 2 aliphatic rings. The number of carboxylic acids is 1. The minimum absolute atomic E-state index is 0.0270. The summed E-state index contributed by atoms with van der Waals surface area (Å²) in [5, 5.41) is 9.62. The zero-order valence-electron chi connectivity index (χ0n) is 17.6. The number of carbonyl (C=O) groups is 2. The van der Waals surface area contributed by atoms with Gasteiger partial charge < -0.3 is 9.84 Å². The Morgan fingerprint density at radius 2 is 1.63 bits per heavy atom. The van der Waals surface area contributed by atoms with Crippen LogP contribution in [0.4, 0.5) is 4.79 Å². The van der Waals surface area contributed by atoms with Crippen LogP contribution >= 0.6 is 0 Å². The normalized spacial score (nSPS) is 20.7. The Morgan fingerprint density at radius 1 is 1.03 bits per heavy atom. The Kier molecular flexibility index (Phi) is 5.80. The molecule has 30 heavy (non-hydrogen) atoms. The third-order valence-electron chi connectivity index (χ3n) is 6.34. The first-order valence-electron chi connectivity index (χ1n) is 10.8. The topological polar surface area (TPSA) is 66.8 Å². The van der Waals surface area contributed by atoms with E-state index in [2.05, 4.69) is 38.1 Å². The molecule has 0 bridgehead atoms. The second kappa shape index (κ2) is 8.50. The number of likely N-dealkylation sites (tertiary alicyclic amines) is 1. The number of piperidine rings is 1. The second-order valence-corrected chi connectivity index (χ2v) is 8.88. The van der Waals surface area contributed by atoms with Crippen LogP contribution in [0.2, 0.25) is 0 Å². The lowest BCUT2D eigenvalue weighted by Crippen LogP contribution is -2.51. The quantitative estimate of drug-likeness (QED) is 0.745. The smallest absolute Gasteiger partial charge is 0.410 e. The van der Waals surface area contributed by atoms with Crippen LogP contribution in [0.1, 0.15) is 50.2 Å². The van der Waals surface area contributed by atoms with Crippen molar-refractivity contribution in [2.24, 2.45) is 11.8 Å². The molecular formula is C25H29NO4. The van der Waals surface area contributed by atoms with Crippen LogP contribution < -0.4 is 0 Å². The molecule has 5 heteroatoms. The molecule has 1 heterocycles. The van der Waals surface area contributed by atoms with Crippen molar-refractivity contribution in [1.82, 2.24) is 4.90 Å². The number of hydrogen-bond acceptors (Lipinski definition) is 3. The lowest BCUT2D eigenvalue weighted by atomic mass is 9.87. The zero-order chi connectivity index (χ0) is 21.3. The summed E-state index contributed by atoms with van der Waals surface area (Å²) < 4.78 is 5.74. The van der Waals surface area contributed by atoms with Gasteiger partial charge in [-0.05, 0) is 53.4 Å². The van der Waals surface area contributed by atoms with Gasteiger partial charge in [-0.15, -0.1) is 0 Å². The Balaban J connectivity index is 1.50. The van der Waals surface area contributed by atoms with Gasteiger partial charge in [-0.3, -0.25) is 4.90 Å². The van der Waals surface area contributed by atoms with Crippen molar-refractivity contribution in [1.29, 1.82) is 0 Å². The minimum Gasteiger partial charge on any atom is -0.480 e. The van der Waals surface area contributed by atoms with E-state index in [1.54, 1.807) is 0 Å². The van der Waals surface area contributed by atoms with Crippen molar-refractivity contribution >= 4 is 12.1 Å². The molecule has 1 amide bonds. The Morgan fingerprint density at radius 3 is 2.20 bits per heavy atom. The van der Waals surface area contributed by atoms with E-state index in [1.807, 2.05) is 24.3 Å². The zero-order valence-corrected chi connectivity index (χ0v) is 17.6. The molecule has 2 aromatic rings. The summed E-state index contributed by atoms with van der Waals surface area (Å²) in [4.78, 5) is 26.1. The van der Waals surface area contributed by atoms with E-state index in [-0.39, 0.29) is 12.5 Å². The number of rotatable bonds is 5. The van der Waals surface area contributed by atoms with E-state index in [0.29, 0.717) is 24.8 Å². The lowest BCUT2D eigenvalue weighted by Gasteiger charge is -2.37. The first-order chi connectivity index (χ1) is 14.5. The number of ether oxygens (including phenoxy) is 1. The number of hydrogen-bond donors (Lipinski definition) is 1. The fraction of sp³-hybridized carbons (Fsp3) is 0.440. The van der Waals surface area contributed by atoms with Crippen LogP contribution in [0.25, 0.3) is 11.1 Å². The fourth-order valence-electron chi connectivity index (χ4n) is 5.04. The second-order valence-electron chi connectivity index (χ2n) is 8.88. The number of nitrogens with zero attached hydrogens (tertiary/aromatic N) is 1. The van der Waals surface area contributed by atoms with Crippen LogP contribution in [0.15, 0.2) is 48.5 Å². The van der Waals surface area contributed by atoms with Gasteiger partial charge in [-0.25, -0.2) is 9.59 Å². The molecule has 4 rings (SSSR count). The van der Waals surface area contributed by atoms with E-state index in [9.17, 15) is 14.7 Å². The van der Waals surface area contributed by atoms with E-state index in [0.717, 1.165) is 24.0 Å². The van der Waals surface area contributed by atoms with Gasteiger partial charge in [0.05, 0.1) is 0 Å². The molecule has 1 N–H and O–H groups in total. The van der Waals surface area contributed by atoms with Crippen LogP contribution in [0.3, 0.4) is 0 Å². The number of aliphatic carboxylic acids is 1. The van der Waals surface area contributed by atoms with Crippen molar-refractivity contribution in [3.8, 4) is 11.1 Å². The van der Waals surface area contributed by atoms with Crippen LogP contribution in [0.5, 0.6) is 0 Å². The number of amides is 1. The molecule has 0 radical (unpaired) electrons. The highest BCUT2D eigenvalue weighted by molar-refractivity contribution is 5.81. The molecule has 158 valence electrons. The third kappa shape index (κ3) is 3.93. The van der Waals surface area contributed by atoms with Gasteiger partial charge in [-0.2, -0.15) is 0 Å². The maximum Gasteiger partial charge on any atom is 0.410 e. The Hall–Kier alpha value is -2.82. The van der Waals surface area contributed by atoms with Crippen LogP contribution in [0, 0.1) is 11.8 Å². The third-order valence-corrected chi connectivity index (χ3v) is 6.34. The summed E-state index contributed by atoms with van der Waals surface area (Å²) in [6.07, 6.45) is 1.79. The summed E-state index contributed by atoms with van der Waals surface area (Å²) in [7, 11) is 0. The summed E-state index contributed by atoms with van der Waals surface area (Å²) in [5.41, 5.74) is 4.65. The molecule has 1 fully saturated rings. The molecule has 0 spiro atoms. The summed E-state index contributed by atoms with van der Waals surface area (Å²) in [6.45, 7) is 4.97. The number of carbonyl (C=O) groups excluding carboxylic acids is 1. The number of fused-ring (bicyclic) bond motifs is 3. The lowest BCUT2D eigenvalue weighted by molar-refractivity contribution is -0.144. The Bertz CT molecular complexity index is 893. The number of carboxylic acid groups (broad SMARTS) is 1. The van der Waals surface area contributed by atoms with E-state index >= 15 is 0 Å². The largest absolute Gasteiger partial charge is 0.480 e. The molecule has 0 saturated carbocycles. The van der Waals surface area contributed by atoms with Crippen molar-refractivity contribution in [2.45, 2.75) is 45.1 Å². The first-order valence-corrected chi connectivity index (χ1v) is 10.8. The molecule has 5 nitrogen and oxygen atoms in total. The van der Waals surface area contributed by atoms with Crippen LogP contribution in [-0.4, -0.2) is 41.3 Å². The van der Waals surface area contributed by atoms with E-state index < -0.39 is 18.1 Å². The minimum atomic E-state index is -0.952. The molecular weight excluding hydrogens is 378 g/mol. The van der Waals surface area contributed by atoms with Crippen molar-refractivity contribution in [3.63, 3.8) is 0 Å². The molecule has 1 aliphatic heterocycles. The van der Waals surface area contributed by atoms with Gasteiger partial charge in [0.2, 0.25) is 0 Å². The Labute approximate surface area is 177 Å². The molecule has 0 unspecified atom stereocenters. The fourth-order valence-corrected chi connectivity index (χ4v) is 5.04. The number of benzene rings is 2. The molecule has 1 aliphatic carbocycles. The maximum atomic E-state index is 13.0. The van der Waals surface area contributed by atoms with Gasteiger partial charge in [0, 0.05) is 12.5 Å². The molecule has 2 aromatic carbocycles. The standard InChI is InChI=1S/C25H29NO4/c1-16(2)13-17-11-12-23(24(27)28)26(14-17)25(29)30-15-22-20-9-5-3-7-18(20)19-8-4-6-10-21(19)22/h3-10,16-17,22-23H,11-15H2,1-2H3,(H,27,28)/t17-,23-/m1/s1. The SMILES string of the molecule is CC(C)C[C@H]1CC[C@H](C(=O)O)N(C(=O)OCC2c3ccccc3-c3ccccc32)C1. The van der Waals surface area contributed by atoms with Crippen molar-refractivity contribution < 1.29 is 19.4 Å². The highest BCUT2D eigenvalue weighted by Crippen LogP contribution is 2.44. The van der Waals surface area contributed by atoms with Gasteiger partial charge in [0.15, 0.2) is 0 Å². The van der Waals surface area contributed by atoms with Gasteiger partial charge in [0.25, 0.3) is 0 Å². The average molecular weight is 408 g/mol. The van der Waals surface area contributed by atoms with Crippen molar-refractivity contribution in [3.05, 3.63) is 59.7 Å². The first kappa shape index (κ1) is 20.5. The van der Waals surface area contributed by atoms with Crippen molar-refractivity contribution in [2.75, 3.05) is 13.2 Å². The predicted molar refractivity (Wildman–Crippen MR) is 115 cm³/mol. The predicted octanol–water partition coefficient (Wildman–Crippen LogP) is 5.15. The van der Waals surface area contributed by atoms with Crippen LogP contribution in [-0.2, 0) is 9.53 Å². The summed E-state index contributed by atoms with van der Waals surface area (Å²) in [5.74, 6) is -0.144. The van der Waals surface area contributed by atoms with Gasteiger partial charge >= 0.3 is 12.1 Å². The monoisotopic (exact) mass is 407 g/mol. The average Bonchev–Trinajstić information content (AvgIpc) is 3.05. The highest BCUT2D eigenvalue weighted by atomic mass is 16.6. The van der Waals surface area contributed by atoms with E-state index in [4.69, 9.17) is 4.74 Å².